The van der Waals surface area contributed by atoms with Crippen LogP contribution in [0.5, 0.6) is 0 Å². The van der Waals surface area contributed by atoms with Crippen LogP contribution in [0.4, 0.5) is 15.3 Å². The van der Waals surface area contributed by atoms with E-state index in [0.29, 0.717) is 16.4 Å². The molecular formula is C16H22ClN3O4. The highest BCUT2D eigenvalue weighted by atomic mass is 35.5. The predicted molar refractivity (Wildman–Crippen MR) is 93.5 cm³/mol. The number of anilines is 1. The van der Waals surface area contributed by atoms with Crippen LogP contribution < -0.4 is 10.6 Å². The molecule has 0 spiro atoms. The molecule has 0 fully saturated rings. The lowest BCUT2D eigenvalue weighted by Gasteiger charge is -2.25. The van der Waals surface area contributed by atoms with Crippen molar-refractivity contribution in [1.82, 2.24) is 5.32 Å². The molecule has 0 aromatic heterocycles. The van der Waals surface area contributed by atoms with Crippen molar-refractivity contribution in [2.75, 3.05) is 5.32 Å². The van der Waals surface area contributed by atoms with Crippen LogP contribution in [0.2, 0.25) is 5.02 Å². The Morgan fingerprint density at radius 3 is 2.50 bits per heavy atom. The number of carbonyl (C=O) groups excluding carboxylic acids is 2. The van der Waals surface area contributed by atoms with Gasteiger partial charge in [-0.3, -0.25) is 10.2 Å². The molecule has 0 unspecified atom stereocenters. The fraction of sp³-hybridized carbons (Fsp3) is 0.438. The minimum Gasteiger partial charge on any atom is -0.447 e. The number of nitrogens with zero attached hydrogens (tertiary/aromatic N) is 1. The van der Waals surface area contributed by atoms with Crippen molar-refractivity contribution in [3.05, 3.63) is 29.3 Å². The third-order valence-electron chi connectivity index (χ3n) is 3.00. The summed E-state index contributed by atoms with van der Waals surface area (Å²) in [6.07, 6.45) is -1.58. The fourth-order valence-electron chi connectivity index (χ4n) is 1.52. The van der Waals surface area contributed by atoms with Gasteiger partial charge in [0.05, 0.1) is 17.4 Å². The normalized spacial score (nSPS) is 11.9. The van der Waals surface area contributed by atoms with Crippen LogP contribution >= 0.6 is 11.6 Å². The van der Waals surface area contributed by atoms with Crippen molar-refractivity contribution in [2.45, 2.75) is 46.3 Å². The van der Waals surface area contributed by atoms with Crippen molar-refractivity contribution in [2.24, 2.45) is 5.16 Å². The third kappa shape index (κ3) is 6.87. The van der Waals surface area contributed by atoms with Crippen LogP contribution in [0.1, 0.15) is 34.6 Å². The number of benzene rings is 1. The second kappa shape index (κ2) is 8.54. The summed E-state index contributed by atoms with van der Waals surface area (Å²) in [6, 6.07) is 6.62. The Hall–Kier alpha value is -2.28. The summed E-state index contributed by atoms with van der Waals surface area (Å²) in [6.45, 7) is 8.55. The molecule has 0 saturated heterocycles. The minimum absolute atomic E-state index is 0.238. The molecule has 1 aromatic rings. The van der Waals surface area contributed by atoms with Crippen molar-refractivity contribution < 1.29 is 19.2 Å². The summed E-state index contributed by atoms with van der Waals surface area (Å²) < 4.78 is 5.01. The maximum atomic E-state index is 11.7. The Morgan fingerprint density at radius 1 is 1.25 bits per heavy atom. The van der Waals surface area contributed by atoms with Gasteiger partial charge in [0, 0.05) is 10.7 Å². The smallest absolute Gasteiger partial charge is 0.437 e. The summed E-state index contributed by atoms with van der Waals surface area (Å²) >= 11 is 5.83. The summed E-state index contributed by atoms with van der Waals surface area (Å²) in [4.78, 5) is 28.2. The average Bonchev–Trinajstić information content (AvgIpc) is 2.43. The van der Waals surface area contributed by atoms with E-state index in [0.717, 1.165) is 0 Å². The van der Waals surface area contributed by atoms with Crippen molar-refractivity contribution >= 4 is 35.2 Å². The monoisotopic (exact) mass is 355 g/mol. The largest absolute Gasteiger partial charge is 0.447 e. The summed E-state index contributed by atoms with van der Waals surface area (Å²) in [7, 11) is 0. The van der Waals surface area contributed by atoms with E-state index in [-0.39, 0.29) is 6.10 Å². The highest BCUT2D eigenvalue weighted by Crippen LogP contribution is 2.15. The minimum atomic E-state index is -0.845. The Morgan fingerprint density at radius 2 is 1.92 bits per heavy atom. The number of halogens is 1. The molecule has 1 aromatic carbocycles. The number of nitrogens with one attached hydrogen (secondary N) is 2. The van der Waals surface area contributed by atoms with E-state index in [1.54, 1.807) is 58.9 Å². The highest BCUT2D eigenvalue weighted by molar-refractivity contribution is 6.30. The molecule has 8 heteroatoms. The van der Waals surface area contributed by atoms with Crippen LogP contribution in [0, 0.1) is 0 Å². The van der Waals surface area contributed by atoms with Crippen LogP contribution in [0.15, 0.2) is 29.4 Å². The molecule has 0 aliphatic heterocycles. The van der Waals surface area contributed by atoms with Gasteiger partial charge in [-0.15, -0.1) is 0 Å². The number of carbonyl (C=O) groups is 2. The van der Waals surface area contributed by atoms with Gasteiger partial charge >= 0.3 is 12.2 Å². The molecule has 132 valence electrons. The topological polar surface area (TPSA) is 89.0 Å². The maximum Gasteiger partial charge on any atom is 0.437 e. The Bertz CT molecular complexity index is 630. The van der Waals surface area contributed by atoms with Gasteiger partial charge in [-0.1, -0.05) is 22.8 Å². The van der Waals surface area contributed by atoms with Gasteiger partial charge in [0.1, 0.15) is 0 Å². The van der Waals surface area contributed by atoms with Gasteiger partial charge in [-0.2, -0.15) is 0 Å². The summed E-state index contributed by atoms with van der Waals surface area (Å²) in [5, 5.41) is 9.37. The number of rotatable bonds is 5. The zero-order chi connectivity index (χ0) is 18.3. The Kier molecular flexibility index (Phi) is 7.03. The number of ether oxygens (including phenoxy) is 1. The first-order chi connectivity index (χ1) is 11.1. The third-order valence-corrected chi connectivity index (χ3v) is 3.23. The molecule has 7 nitrogen and oxygen atoms in total. The first-order valence-electron chi connectivity index (χ1n) is 7.37. The second-order valence-corrected chi connectivity index (χ2v) is 6.33. The first kappa shape index (κ1) is 19.8. The van der Waals surface area contributed by atoms with E-state index in [9.17, 15) is 9.59 Å². The molecule has 0 saturated carbocycles. The molecule has 2 N–H and O–H groups in total. The molecule has 0 aliphatic carbocycles. The molecule has 0 heterocycles. The predicted octanol–water partition coefficient (Wildman–Crippen LogP) is 4.18. The lowest BCUT2D eigenvalue weighted by Crippen LogP contribution is -2.49. The van der Waals surface area contributed by atoms with Crippen LogP contribution in [-0.4, -0.2) is 29.5 Å². The zero-order valence-electron chi connectivity index (χ0n) is 14.3. The zero-order valence-corrected chi connectivity index (χ0v) is 15.1. The lowest BCUT2D eigenvalue weighted by molar-refractivity contribution is 0.111. The van der Waals surface area contributed by atoms with Crippen LogP contribution in [0.3, 0.4) is 0 Å². The van der Waals surface area contributed by atoms with E-state index in [2.05, 4.69) is 15.8 Å². The molecule has 2 amide bonds. The number of hydrogen-bond donors (Lipinski definition) is 2. The van der Waals surface area contributed by atoms with Crippen molar-refractivity contribution in [3.8, 4) is 0 Å². The summed E-state index contributed by atoms with van der Waals surface area (Å²) in [5.41, 5.74) is 0.0326. The number of hydrogen-bond acceptors (Lipinski definition) is 5. The molecule has 0 atom stereocenters. The molecule has 0 bridgehead atoms. The molecule has 0 aliphatic rings. The Labute approximate surface area is 146 Å². The van der Waals surface area contributed by atoms with Crippen molar-refractivity contribution in [3.63, 3.8) is 0 Å². The number of alkyl carbamates (subject to hydrolysis) is 1. The van der Waals surface area contributed by atoms with E-state index in [1.807, 2.05) is 0 Å². The quantitative estimate of drug-likeness (QED) is 0.471. The molecule has 0 radical (unpaired) electrons. The fourth-order valence-corrected chi connectivity index (χ4v) is 1.71. The van der Waals surface area contributed by atoms with E-state index >= 15 is 0 Å². The second-order valence-electron chi connectivity index (χ2n) is 5.89. The average molecular weight is 356 g/mol. The van der Waals surface area contributed by atoms with Crippen LogP contribution in [0.25, 0.3) is 0 Å². The van der Waals surface area contributed by atoms with E-state index in [4.69, 9.17) is 21.2 Å². The van der Waals surface area contributed by atoms with Gasteiger partial charge in [0.25, 0.3) is 0 Å². The van der Waals surface area contributed by atoms with Crippen molar-refractivity contribution in [1.29, 1.82) is 0 Å². The van der Waals surface area contributed by atoms with Crippen LogP contribution in [-0.2, 0) is 9.57 Å². The first-order valence-corrected chi connectivity index (χ1v) is 7.75. The summed E-state index contributed by atoms with van der Waals surface area (Å²) in [5.74, 6) is 0. The highest BCUT2D eigenvalue weighted by Gasteiger charge is 2.26. The van der Waals surface area contributed by atoms with Gasteiger partial charge in [-0.05, 0) is 52.8 Å². The lowest BCUT2D eigenvalue weighted by atomic mass is 10.0. The van der Waals surface area contributed by atoms with E-state index in [1.165, 1.54) is 0 Å². The van der Waals surface area contributed by atoms with Gasteiger partial charge < -0.3 is 10.1 Å². The maximum absolute atomic E-state index is 11.7. The van der Waals surface area contributed by atoms with Gasteiger partial charge in [0.2, 0.25) is 0 Å². The number of amides is 2. The SMILES string of the molecule is C/C(=N\OC(=O)Nc1cccc(Cl)c1)C(C)(C)NC(=O)OC(C)C. The standard InChI is InChI=1S/C16H22ClN3O4/c1-10(2)23-15(22)19-16(4,5)11(3)20-24-14(21)18-13-8-6-7-12(17)9-13/h6-10H,1-5H3,(H,18,21)(H,19,22)/b20-11+. The Balaban J connectivity index is 2.61. The van der Waals surface area contributed by atoms with Gasteiger partial charge in [0.15, 0.2) is 0 Å². The molecule has 24 heavy (non-hydrogen) atoms. The molecular weight excluding hydrogens is 334 g/mol. The number of oxime groups is 1. The van der Waals surface area contributed by atoms with Gasteiger partial charge in [-0.25, -0.2) is 9.59 Å². The van der Waals surface area contributed by atoms with E-state index < -0.39 is 17.7 Å². The molecule has 1 rings (SSSR count).